The van der Waals surface area contributed by atoms with E-state index in [4.69, 9.17) is 22.1 Å². The average Bonchev–Trinajstić information content (AvgIpc) is 2.94. The first kappa shape index (κ1) is 15.6. The number of benzene rings is 1. The van der Waals surface area contributed by atoms with E-state index in [1.807, 2.05) is 24.3 Å². The zero-order chi connectivity index (χ0) is 14.4. The Balaban J connectivity index is 1.80. The van der Waals surface area contributed by atoms with Gasteiger partial charge >= 0.3 is 0 Å². The summed E-state index contributed by atoms with van der Waals surface area (Å²) in [5, 5.41) is 0.740. The molecule has 4 heteroatoms. The molecule has 3 nitrogen and oxygen atoms in total. The topological polar surface area (TPSA) is 38.5 Å². The summed E-state index contributed by atoms with van der Waals surface area (Å²) >= 11 is 5.86. The Bertz CT molecular complexity index is 396. The van der Waals surface area contributed by atoms with Gasteiger partial charge in [-0.2, -0.15) is 0 Å². The third-order valence-corrected chi connectivity index (χ3v) is 4.51. The van der Waals surface area contributed by atoms with Crippen molar-refractivity contribution in [1.29, 1.82) is 0 Å². The van der Waals surface area contributed by atoms with Crippen molar-refractivity contribution in [2.45, 2.75) is 32.2 Å². The molecule has 0 aromatic heterocycles. The van der Waals surface area contributed by atoms with Gasteiger partial charge < -0.3 is 10.5 Å². The van der Waals surface area contributed by atoms with Gasteiger partial charge in [0.1, 0.15) is 12.4 Å². The molecule has 2 N–H and O–H groups in total. The molecule has 0 aliphatic heterocycles. The van der Waals surface area contributed by atoms with Gasteiger partial charge in [-0.1, -0.05) is 24.9 Å². The minimum absolute atomic E-state index is 0.638. The van der Waals surface area contributed by atoms with Gasteiger partial charge in [0.05, 0.1) is 0 Å². The first-order valence-electron chi connectivity index (χ1n) is 7.57. The molecule has 2 rings (SSSR count). The predicted octanol–water partition coefficient (Wildman–Crippen LogP) is 3.17. The van der Waals surface area contributed by atoms with Crippen LogP contribution in [0.5, 0.6) is 5.75 Å². The summed E-state index contributed by atoms with van der Waals surface area (Å²) in [5.41, 5.74) is 5.88. The number of halogens is 1. The van der Waals surface area contributed by atoms with Gasteiger partial charge in [0.15, 0.2) is 0 Å². The van der Waals surface area contributed by atoms with Crippen LogP contribution in [0.1, 0.15) is 26.2 Å². The average molecular weight is 297 g/mol. The van der Waals surface area contributed by atoms with E-state index in [2.05, 4.69) is 11.8 Å². The molecule has 0 saturated heterocycles. The Labute approximate surface area is 127 Å². The fourth-order valence-electron chi connectivity index (χ4n) is 3.14. The second-order valence-electron chi connectivity index (χ2n) is 5.43. The number of nitrogens with zero attached hydrogens (tertiary/aromatic N) is 1. The van der Waals surface area contributed by atoms with Crippen LogP contribution in [0, 0.1) is 5.92 Å². The number of likely N-dealkylation sites (N-methyl/N-ethyl adjacent to an activating group) is 1. The van der Waals surface area contributed by atoms with Crippen LogP contribution < -0.4 is 10.5 Å². The minimum atomic E-state index is 0.638. The van der Waals surface area contributed by atoms with E-state index in [0.29, 0.717) is 18.6 Å². The van der Waals surface area contributed by atoms with E-state index >= 15 is 0 Å². The lowest BCUT2D eigenvalue weighted by Crippen LogP contribution is -2.42. The highest BCUT2D eigenvalue weighted by Crippen LogP contribution is 2.29. The first-order chi connectivity index (χ1) is 9.74. The highest BCUT2D eigenvalue weighted by atomic mass is 35.5. The van der Waals surface area contributed by atoms with Crippen molar-refractivity contribution in [3.05, 3.63) is 29.3 Å². The number of ether oxygens (including phenoxy) is 1. The van der Waals surface area contributed by atoms with Crippen molar-refractivity contribution in [2.24, 2.45) is 11.7 Å². The van der Waals surface area contributed by atoms with Crippen LogP contribution in [0.3, 0.4) is 0 Å². The molecule has 0 radical (unpaired) electrons. The van der Waals surface area contributed by atoms with Crippen LogP contribution in [0.4, 0.5) is 0 Å². The summed E-state index contributed by atoms with van der Waals surface area (Å²) in [6.07, 6.45) is 3.85. The predicted molar refractivity (Wildman–Crippen MR) is 84.4 cm³/mol. The first-order valence-corrected chi connectivity index (χ1v) is 7.95. The number of hydrogen-bond donors (Lipinski definition) is 1. The normalized spacial score (nSPS) is 22.4. The summed E-state index contributed by atoms with van der Waals surface area (Å²) in [7, 11) is 0. The van der Waals surface area contributed by atoms with Gasteiger partial charge in [0, 0.05) is 17.6 Å². The van der Waals surface area contributed by atoms with Gasteiger partial charge in [-0.3, -0.25) is 4.90 Å². The van der Waals surface area contributed by atoms with Gasteiger partial charge in [0.2, 0.25) is 0 Å². The molecule has 1 aliphatic rings. The van der Waals surface area contributed by atoms with Crippen molar-refractivity contribution in [2.75, 3.05) is 26.2 Å². The monoisotopic (exact) mass is 296 g/mol. The summed E-state index contributed by atoms with van der Waals surface area (Å²) < 4.78 is 5.79. The maximum absolute atomic E-state index is 5.88. The molecule has 112 valence electrons. The van der Waals surface area contributed by atoms with E-state index in [0.717, 1.165) is 30.4 Å². The Hall–Kier alpha value is -0.770. The maximum atomic E-state index is 5.88. The number of hydrogen-bond acceptors (Lipinski definition) is 3. The number of nitrogens with two attached hydrogens (primary N) is 1. The van der Waals surface area contributed by atoms with Crippen LogP contribution in [0.25, 0.3) is 0 Å². The summed E-state index contributed by atoms with van der Waals surface area (Å²) in [6.45, 7) is 5.75. The second kappa shape index (κ2) is 7.87. The van der Waals surface area contributed by atoms with E-state index in [1.54, 1.807) is 0 Å². The molecule has 0 amide bonds. The van der Waals surface area contributed by atoms with Crippen LogP contribution in [0.2, 0.25) is 5.02 Å². The van der Waals surface area contributed by atoms with E-state index in [1.165, 1.54) is 19.3 Å². The lowest BCUT2D eigenvalue weighted by molar-refractivity contribution is 0.141. The summed E-state index contributed by atoms with van der Waals surface area (Å²) in [4.78, 5) is 2.51. The summed E-state index contributed by atoms with van der Waals surface area (Å²) in [5.74, 6) is 1.54. The minimum Gasteiger partial charge on any atom is -0.492 e. The third-order valence-electron chi connectivity index (χ3n) is 4.26. The standard InChI is InChI=1S/C16H25ClN2O/c1-2-19(16-5-3-4-13(16)12-18)10-11-20-15-8-6-14(17)7-9-15/h6-9,13,16H,2-5,10-12,18H2,1H3. The van der Waals surface area contributed by atoms with Gasteiger partial charge in [-0.25, -0.2) is 0 Å². The zero-order valence-electron chi connectivity index (χ0n) is 12.2. The molecule has 1 aromatic rings. The van der Waals surface area contributed by atoms with Gasteiger partial charge in [0.25, 0.3) is 0 Å². The molecule has 1 saturated carbocycles. The van der Waals surface area contributed by atoms with Gasteiger partial charge in [-0.05, 0) is 56.1 Å². The summed E-state index contributed by atoms with van der Waals surface area (Å²) in [6, 6.07) is 8.18. The van der Waals surface area contributed by atoms with Gasteiger partial charge in [-0.15, -0.1) is 0 Å². The fraction of sp³-hybridized carbons (Fsp3) is 0.625. The maximum Gasteiger partial charge on any atom is 0.119 e. The van der Waals surface area contributed by atoms with Crippen molar-refractivity contribution in [3.63, 3.8) is 0 Å². The Morgan fingerprint density at radius 3 is 2.70 bits per heavy atom. The molecular weight excluding hydrogens is 272 g/mol. The van der Waals surface area contributed by atoms with Crippen LogP contribution >= 0.6 is 11.6 Å². The Kier molecular flexibility index (Phi) is 6.14. The lowest BCUT2D eigenvalue weighted by atomic mass is 10.0. The lowest BCUT2D eigenvalue weighted by Gasteiger charge is -2.31. The molecule has 0 heterocycles. The largest absolute Gasteiger partial charge is 0.492 e. The molecule has 1 aromatic carbocycles. The highest BCUT2D eigenvalue weighted by Gasteiger charge is 2.30. The quantitative estimate of drug-likeness (QED) is 0.840. The van der Waals surface area contributed by atoms with Crippen molar-refractivity contribution >= 4 is 11.6 Å². The Morgan fingerprint density at radius 2 is 2.05 bits per heavy atom. The molecule has 20 heavy (non-hydrogen) atoms. The molecule has 1 fully saturated rings. The van der Waals surface area contributed by atoms with E-state index < -0.39 is 0 Å². The highest BCUT2D eigenvalue weighted by molar-refractivity contribution is 6.30. The molecule has 2 unspecified atom stereocenters. The molecular formula is C16H25ClN2O. The van der Waals surface area contributed by atoms with E-state index in [-0.39, 0.29) is 0 Å². The van der Waals surface area contributed by atoms with Crippen molar-refractivity contribution < 1.29 is 4.74 Å². The zero-order valence-corrected chi connectivity index (χ0v) is 13.0. The van der Waals surface area contributed by atoms with Crippen LogP contribution in [0.15, 0.2) is 24.3 Å². The van der Waals surface area contributed by atoms with Crippen LogP contribution in [-0.2, 0) is 0 Å². The molecule has 0 bridgehead atoms. The number of rotatable bonds is 7. The van der Waals surface area contributed by atoms with E-state index in [9.17, 15) is 0 Å². The molecule has 0 spiro atoms. The Morgan fingerprint density at radius 1 is 1.30 bits per heavy atom. The van der Waals surface area contributed by atoms with Crippen molar-refractivity contribution in [3.8, 4) is 5.75 Å². The van der Waals surface area contributed by atoms with Crippen molar-refractivity contribution in [1.82, 2.24) is 4.90 Å². The SMILES string of the molecule is CCN(CCOc1ccc(Cl)cc1)C1CCCC1CN. The smallest absolute Gasteiger partial charge is 0.119 e. The van der Waals surface area contributed by atoms with Crippen LogP contribution in [-0.4, -0.2) is 37.2 Å². The molecule has 1 aliphatic carbocycles. The molecule has 2 atom stereocenters. The third kappa shape index (κ3) is 4.11. The second-order valence-corrected chi connectivity index (χ2v) is 5.86. The fourth-order valence-corrected chi connectivity index (χ4v) is 3.27.